The molecule has 8 nitrogen and oxygen atoms in total. The SMILES string of the molecule is CCCCC(CC)C(=O)O.CCCCC(CC)C(=O)O.O=C(O)CCS.O=C(O)CCS.[CH3][Sn][CH3]. The summed E-state index contributed by atoms with van der Waals surface area (Å²) in [6.45, 7) is 8.01. The van der Waals surface area contributed by atoms with Crippen LogP contribution < -0.4 is 0 Å². The Hall–Kier alpha value is -0.621. The van der Waals surface area contributed by atoms with E-state index >= 15 is 0 Å². The van der Waals surface area contributed by atoms with Gasteiger partial charge in [0.1, 0.15) is 0 Å². The molecule has 11 heteroatoms. The average molecular weight is 650 g/mol. The molecule has 4 N–H and O–H groups in total. The summed E-state index contributed by atoms with van der Waals surface area (Å²) in [5, 5.41) is 32.9. The van der Waals surface area contributed by atoms with Crippen molar-refractivity contribution in [3.8, 4) is 0 Å². The van der Waals surface area contributed by atoms with E-state index in [1.807, 2.05) is 13.8 Å². The Kier molecular flexibility index (Phi) is 48.1. The molecule has 2 atom stereocenters. The average Bonchev–Trinajstić information content (AvgIpc) is 2.76. The second-order valence-corrected chi connectivity index (χ2v) is 11.2. The number of thiol groups is 2. The molecule has 0 fully saturated rings. The number of rotatable bonds is 14. The van der Waals surface area contributed by atoms with Crippen molar-refractivity contribution in [2.24, 2.45) is 11.8 Å². The van der Waals surface area contributed by atoms with E-state index in [9.17, 15) is 19.2 Å². The third-order valence-corrected chi connectivity index (χ3v) is 4.59. The van der Waals surface area contributed by atoms with Gasteiger partial charge in [-0.05, 0) is 25.7 Å². The first-order valence-corrected chi connectivity index (χ1v) is 19.1. The summed E-state index contributed by atoms with van der Waals surface area (Å²) in [4.78, 5) is 44.6. The molecule has 0 spiro atoms. The van der Waals surface area contributed by atoms with Crippen LogP contribution in [0.5, 0.6) is 0 Å². The minimum absolute atomic E-state index is 0.111. The van der Waals surface area contributed by atoms with Gasteiger partial charge in [-0.3, -0.25) is 19.2 Å². The summed E-state index contributed by atoms with van der Waals surface area (Å²) in [6, 6.07) is 0. The summed E-state index contributed by atoms with van der Waals surface area (Å²) < 4.78 is 0. The van der Waals surface area contributed by atoms with E-state index in [2.05, 4.69) is 49.0 Å². The van der Waals surface area contributed by atoms with Crippen molar-refractivity contribution in [2.45, 2.75) is 102 Å². The number of hydrogen-bond acceptors (Lipinski definition) is 6. The van der Waals surface area contributed by atoms with Crippen LogP contribution in [0.2, 0.25) is 9.88 Å². The zero-order valence-corrected chi connectivity index (χ0v) is 27.1. The van der Waals surface area contributed by atoms with Crippen LogP contribution in [0.15, 0.2) is 0 Å². The van der Waals surface area contributed by atoms with Crippen LogP contribution in [-0.2, 0) is 19.2 Å². The fraction of sp³-hybridized carbons (Fsp3) is 0.833. The topological polar surface area (TPSA) is 149 Å². The van der Waals surface area contributed by atoms with Crippen LogP contribution in [0.1, 0.15) is 91.9 Å². The molecule has 0 aliphatic heterocycles. The Labute approximate surface area is 234 Å². The molecule has 0 aromatic rings. The molecule has 0 heterocycles. The van der Waals surface area contributed by atoms with Gasteiger partial charge in [-0.15, -0.1) is 0 Å². The summed E-state index contributed by atoms with van der Waals surface area (Å²) in [5.74, 6) is -2.23. The number of carboxylic acids is 4. The van der Waals surface area contributed by atoms with Crippen molar-refractivity contribution < 1.29 is 39.6 Å². The first kappa shape index (κ1) is 44.4. The Morgan fingerprint density at radius 1 is 0.657 bits per heavy atom. The van der Waals surface area contributed by atoms with E-state index in [4.69, 9.17) is 20.4 Å². The van der Waals surface area contributed by atoms with Crippen molar-refractivity contribution in [1.29, 1.82) is 0 Å². The first-order valence-electron chi connectivity index (χ1n) is 12.1. The van der Waals surface area contributed by atoms with Crippen molar-refractivity contribution in [3.63, 3.8) is 0 Å². The molecule has 210 valence electrons. The molecule has 0 rings (SSSR count). The van der Waals surface area contributed by atoms with Crippen molar-refractivity contribution in [3.05, 3.63) is 0 Å². The molecule has 2 unspecified atom stereocenters. The summed E-state index contributed by atoms with van der Waals surface area (Å²) in [6.07, 6.45) is 7.74. The van der Waals surface area contributed by atoms with Crippen LogP contribution in [0.25, 0.3) is 0 Å². The maximum atomic E-state index is 10.4. The standard InChI is InChI=1S/2C8H16O2.2C3H6O2S.2CH3.Sn/c2*1-3-5-6-7(4-2)8(9)10;2*4-3(5)1-2-6;;;/h2*7H,3-6H2,1-2H3,(H,9,10);2*6H,1-2H2,(H,4,5);2*1H3;. The molecule has 0 aromatic carbocycles. The van der Waals surface area contributed by atoms with Crippen molar-refractivity contribution >= 4 is 70.3 Å². The maximum absolute atomic E-state index is 10.4. The van der Waals surface area contributed by atoms with Gasteiger partial charge in [0.15, 0.2) is 0 Å². The van der Waals surface area contributed by atoms with Crippen LogP contribution in [0, 0.1) is 11.8 Å². The van der Waals surface area contributed by atoms with E-state index in [1.165, 1.54) is 0 Å². The molecule has 0 aromatic heterocycles. The fourth-order valence-corrected chi connectivity index (χ4v) is 2.48. The molecule has 0 bridgehead atoms. The van der Waals surface area contributed by atoms with Crippen molar-refractivity contribution in [1.82, 2.24) is 0 Å². The van der Waals surface area contributed by atoms with Gasteiger partial charge in [0.25, 0.3) is 0 Å². The van der Waals surface area contributed by atoms with Crippen molar-refractivity contribution in [2.75, 3.05) is 11.5 Å². The van der Waals surface area contributed by atoms with Gasteiger partial charge < -0.3 is 20.4 Å². The summed E-state index contributed by atoms with van der Waals surface area (Å²) >= 11 is 7.59. The monoisotopic (exact) mass is 650 g/mol. The Bertz CT molecular complexity index is 452. The second kappa shape index (κ2) is 37.9. The number of hydrogen-bond donors (Lipinski definition) is 6. The predicted octanol–water partition coefficient (Wildman–Crippen LogP) is 6.14. The minimum atomic E-state index is -0.787. The molecule has 0 aliphatic rings. The molecule has 0 aliphatic carbocycles. The van der Waals surface area contributed by atoms with Crippen LogP contribution >= 0.6 is 25.3 Å². The second-order valence-electron chi connectivity index (χ2n) is 7.41. The molecule has 0 saturated heterocycles. The van der Waals surface area contributed by atoms with Gasteiger partial charge in [0.2, 0.25) is 0 Å². The molecule has 0 saturated carbocycles. The van der Waals surface area contributed by atoms with Gasteiger partial charge in [0.05, 0.1) is 24.7 Å². The Morgan fingerprint density at radius 3 is 1.00 bits per heavy atom. The van der Waals surface area contributed by atoms with Crippen LogP contribution in [-0.4, -0.2) is 77.0 Å². The van der Waals surface area contributed by atoms with E-state index in [1.54, 1.807) is 0 Å². The summed E-state index contributed by atoms with van der Waals surface area (Å²) in [5.41, 5.74) is 0. The quantitative estimate of drug-likeness (QED) is 0.0971. The van der Waals surface area contributed by atoms with E-state index in [0.29, 0.717) is 11.5 Å². The molecule has 2 radical (unpaired) electrons. The zero-order valence-electron chi connectivity index (χ0n) is 22.5. The van der Waals surface area contributed by atoms with E-state index < -0.39 is 23.9 Å². The van der Waals surface area contributed by atoms with Gasteiger partial charge in [-0.2, -0.15) is 25.3 Å². The predicted molar refractivity (Wildman–Crippen MR) is 152 cm³/mol. The van der Waals surface area contributed by atoms with Crippen LogP contribution in [0.4, 0.5) is 0 Å². The molecular formula is C24H50O8S2Sn. The molecule has 35 heavy (non-hydrogen) atoms. The number of unbranched alkanes of at least 4 members (excludes halogenated alkanes) is 2. The first-order chi connectivity index (χ1) is 16.4. The van der Waals surface area contributed by atoms with Gasteiger partial charge in [0, 0.05) is 11.5 Å². The van der Waals surface area contributed by atoms with Gasteiger partial charge in [-0.1, -0.05) is 53.4 Å². The number of aliphatic carboxylic acids is 4. The normalized spacial score (nSPS) is 10.7. The molecular weight excluding hydrogens is 599 g/mol. The zero-order chi connectivity index (χ0) is 28.7. The van der Waals surface area contributed by atoms with Gasteiger partial charge in [-0.25, -0.2) is 0 Å². The summed E-state index contributed by atoms with van der Waals surface area (Å²) in [7, 11) is 0. The third-order valence-electron chi connectivity index (χ3n) is 4.15. The fourth-order valence-electron chi connectivity index (χ4n) is 2.10. The Balaban J connectivity index is -0.000000113. The Morgan fingerprint density at radius 2 is 0.914 bits per heavy atom. The van der Waals surface area contributed by atoms with Gasteiger partial charge >= 0.3 is 54.9 Å². The number of carbonyl (C=O) groups is 4. The van der Waals surface area contributed by atoms with E-state index in [0.717, 1.165) is 51.4 Å². The van der Waals surface area contributed by atoms with Crippen LogP contribution in [0.3, 0.4) is 0 Å². The van der Waals surface area contributed by atoms with E-state index in [-0.39, 0.29) is 45.8 Å². The molecule has 0 amide bonds. The number of carboxylic acid groups (broad SMARTS) is 4. The third kappa shape index (κ3) is 51.0.